The van der Waals surface area contributed by atoms with Crippen LogP contribution in [-0.2, 0) is 16.0 Å². The molecule has 0 radical (unpaired) electrons. The molecule has 2 atom stereocenters. The van der Waals surface area contributed by atoms with Crippen LogP contribution < -0.4 is 0 Å². The van der Waals surface area contributed by atoms with E-state index in [0.29, 0.717) is 0 Å². The van der Waals surface area contributed by atoms with Crippen molar-refractivity contribution in [2.45, 2.75) is 31.7 Å². The second-order valence-corrected chi connectivity index (χ2v) is 6.02. The van der Waals surface area contributed by atoms with E-state index in [1.54, 1.807) is 7.05 Å². The predicted octanol–water partition coefficient (Wildman–Crippen LogP) is 3.33. The number of aliphatic carboxylic acids is 1. The molecule has 1 amide bonds. The fourth-order valence-corrected chi connectivity index (χ4v) is 2.67. The molecular formula is C20H23NO3. The fourth-order valence-electron chi connectivity index (χ4n) is 2.67. The van der Waals surface area contributed by atoms with Crippen molar-refractivity contribution < 1.29 is 14.7 Å². The van der Waals surface area contributed by atoms with Crippen LogP contribution >= 0.6 is 0 Å². The Labute approximate surface area is 142 Å². The average molecular weight is 325 g/mol. The number of carboxylic acid groups (broad SMARTS) is 1. The molecule has 2 aromatic rings. The molecule has 24 heavy (non-hydrogen) atoms. The van der Waals surface area contributed by atoms with E-state index in [1.165, 1.54) is 11.8 Å². The first kappa shape index (κ1) is 17.7. The van der Waals surface area contributed by atoms with Crippen LogP contribution in [0.25, 0.3) is 0 Å². The maximum Gasteiger partial charge on any atom is 0.326 e. The average Bonchev–Trinajstić information content (AvgIpc) is 2.61. The summed E-state index contributed by atoms with van der Waals surface area (Å²) < 4.78 is 0. The predicted molar refractivity (Wildman–Crippen MR) is 93.8 cm³/mol. The summed E-state index contributed by atoms with van der Waals surface area (Å²) in [5, 5.41) is 9.09. The first-order chi connectivity index (χ1) is 11.5. The van der Waals surface area contributed by atoms with Crippen LogP contribution in [0.1, 0.15) is 30.4 Å². The molecule has 4 nitrogen and oxygen atoms in total. The van der Waals surface area contributed by atoms with E-state index in [4.69, 9.17) is 5.11 Å². The number of rotatable bonds is 7. The smallest absolute Gasteiger partial charge is 0.326 e. The normalized spacial score (nSPS) is 13.1. The number of carboxylic acids is 1. The number of amides is 1. The lowest BCUT2D eigenvalue weighted by atomic mass is 9.89. The minimum absolute atomic E-state index is 0.0181. The molecule has 0 aliphatic rings. The molecule has 2 rings (SSSR count). The van der Waals surface area contributed by atoms with E-state index >= 15 is 0 Å². The standard InChI is InChI=1S/C20H23NO3/c1-15(20(23)24)21(2)19(22)14-18(17-11-7-4-8-12-17)13-16-9-5-3-6-10-16/h3-12,15,18H,13-14H2,1-2H3,(H,23,24). The molecule has 2 aromatic carbocycles. The van der Waals surface area contributed by atoms with Gasteiger partial charge in [0.2, 0.25) is 5.91 Å². The Balaban J connectivity index is 2.17. The highest BCUT2D eigenvalue weighted by Crippen LogP contribution is 2.25. The van der Waals surface area contributed by atoms with Crippen molar-refractivity contribution in [1.82, 2.24) is 4.90 Å². The van der Waals surface area contributed by atoms with Gasteiger partial charge in [-0.15, -0.1) is 0 Å². The third kappa shape index (κ3) is 4.69. The zero-order valence-corrected chi connectivity index (χ0v) is 14.1. The van der Waals surface area contributed by atoms with Gasteiger partial charge in [0.05, 0.1) is 0 Å². The summed E-state index contributed by atoms with van der Waals surface area (Å²) in [7, 11) is 1.55. The maximum absolute atomic E-state index is 12.5. The first-order valence-electron chi connectivity index (χ1n) is 8.06. The van der Waals surface area contributed by atoms with Crippen molar-refractivity contribution in [3.63, 3.8) is 0 Å². The van der Waals surface area contributed by atoms with Gasteiger partial charge >= 0.3 is 5.97 Å². The summed E-state index contributed by atoms with van der Waals surface area (Å²) in [6, 6.07) is 19.1. The lowest BCUT2D eigenvalue weighted by molar-refractivity contribution is -0.148. The molecular weight excluding hydrogens is 302 g/mol. The first-order valence-corrected chi connectivity index (χ1v) is 8.06. The fraction of sp³-hybridized carbons (Fsp3) is 0.300. The summed E-state index contributed by atoms with van der Waals surface area (Å²) in [4.78, 5) is 24.9. The largest absolute Gasteiger partial charge is 0.480 e. The number of carbonyl (C=O) groups is 2. The van der Waals surface area contributed by atoms with E-state index < -0.39 is 12.0 Å². The lowest BCUT2D eigenvalue weighted by Gasteiger charge is -2.25. The van der Waals surface area contributed by atoms with Gasteiger partial charge in [0.25, 0.3) is 0 Å². The van der Waals surface area contributed by atoms with Gasteiger partial charge < -0.3 is 10.0 Å². The molecule has 0 bridgehead atoms. The Bertz CT molecular complexity index is 670. The number of nitrogens with zero attached hydrogens (tertiary/aromatic N) is 1. The molecule has 1 N–H and O–H groups in total. The SMILES string of the molecule is CC(C(=O)O)N(C)C(=O)CC(Cc1ccccc1)c1ccccc1. The van der Waals surface area contributed by atoms with Gasteiger partial charge in [-0.1, -0.05) is 60.7 Å². The molecule has 0 spiro atoms. The second-order valence-electron chi connectivity index (χ2n) is 6.02. The number of carbonyl (C=O) groups excluding carboxylic acids is 1. The van der Waals surface area contributed by atoms with Gasteiger partial charge in [-0.05, 0) is 30.4 Å². The highest BCUT2D eigenvalue weighted by Gasteiger charge is 2.25. The van der Waals surface area contributed by atoms with E-state index in [9.17, 15) is 9.59 Å². The van der Waals surface area contributed by atoms with Crippen LogP contribution in [0, 0.1) is 0 Å². The van der Waals surface area contributed by atoms with E-state index in [2.05, 4.69) is 0 Å². The number of hydrogen-bond donors (Lipinski definition) is 1. The highest BCUT2D eigenvalue weighted by molar-refractivity contribution is 5.83. The van der Waals surface area contributed by atoms with Crippen molar-refractivity contribution in [2.24, 2.45) is 0 Å². The lowest BCUT2D eigenvalue weighted by Crippen LogP contribution is -2.40. The van der Waals surface area contributed by atoms with Gasteiger partial charge in [0, 0.05) is 13.5 Å². The Morgan fingerprint density at radius 3 is 2.08 bits per heavy atom. The van der Waals surface area contributed by atoms with Crippen LogP contribution in [0.15, 0.2) is 60.7 Å². The topological polar surface area (TPSA) is 57.6 Å². The van der Waals surface area contributed by atoms with E-state index in [-0.39, 0.29) is 18.2 Å². The molecule has 0 saturated heterocycles. The summed E-state index contributed by atoms with van der Waals surface area (Å²) in [5.74, 6) is -1.13. The summed E-state index contributed by atoms with van der Waals surface area (Å²) >= 11 is 0. The molecule has 0 heterocycles. The summed E-state index contributed by atoms with van der Waals surface area (Å²) in [5.41, 5.74) is 2.25. The summed E-state index contributed by atoms with van der Waals surface area (Å²) in [6.07, 6.45) is 1.03. The van der Waals surface area contributed by atoms with Crippen molar-refractivity contribution in [2.75, 3.05) is 7.05 Å². The van der Waals surface area contributed by atoms with Crippen LogP contribution in [-0.4, -0.2) is 35.0 Å². The molecule has 0 aromatic heterocycles. The maximum atomic E-state index is 12.5. The van der Waals surface area contributed by atoms with Crippen LogP contribution in [0.5, 0.6) is 0 Å². The third-order valence-electron chi connectivity index (χ3n) is 4.35. The minimum Gasteiger partial charge on any atom is -0.480 e. The van der Waals surface area contributed by atoms with Gasteiger partial charge in [-0.2, -0.15) is 0 Å². The van der Waals surface area contributed by atoms with Crippen LogP contribution in [0.4, 0.5) is 0 Å². The third-order valence-corrected chi connectivity index (χ3v) is 4.35. The molecule has 126 valence electrons. The quantitative estimate of drug-likeness (QED) is 0.849. The number of likely N-dealkylation sites (N-methyl/N-ethyl adjacent to an activating group) is 1. The molecule has 0 saturated carbocycles. The zero-order valence-electron chi connectivity index (χ0n) is 14.1. The van der Waals surface area contributed by atoms with Crippen LogP contribution in [0.2, 0.25) is 0 Å². The van der Waals surface area contributed by atoms with Crippen LogP contribution in [0.3, 0.4) is 0 Å². The van der Waals surface area contributed by atoms with Crippen molar-refractivity contribution in [1.29, 1.82) is 0 Å². The molecule has 0 aliphatic carbocycles. The van der Waals surface area contributed by atoms with Crippen molar-refractivity contribution in [3.8, 4) is 0 Å². The molecule has 4 heteroatoms. The highest BCUT2D eigenvalue weighted by atomic mass is 16.4. The Kier molecular flexibility index (Phi) is 6.13. The zero-order chi connectivity index (χ0) is 17.5. The van der Waals surface area contributed by atoms with Gasteiger partial charge in [0.1, 0.15) is 6.04 Å². The summed E-state index contributed by atoms with van der Waals surface area (Å²) in [6.45, 7) is 1.52. The Hall–Kier alpha value is -2.62. The van der Waals surface area contributed by atoms with E-state index in [1.807, 2.05) is 60.7 Å². The number of benzene rings is 2. The Morgan fingerprint density at radius 2 is 1.54 bits per heavy atom. The van der Waals surface area contributed by atoms with Gasteiger partial charge in [0.15, 0.2) is 0 Å². The van der Waals surface area contributed by atoms with Gasteiger partial charge in [-0.25, -0.2) is 4.79 Å². The van der Waals surface area contributed by atoms with Crippen molar-refractivity contribution in [3.05, 3.63) is 71.8 Å². The molecule has 0 fully saturated rings. The molecule has 2 unspecified atom stereocenters. The van der Waals surface area contributed by atoms with E-state index in [0.717, 1.165) is 17.5 Å². The second kappa shape index (κ2) is 8.29. The van der Waals surface area contributed by atoms with Gasteiger partial charge in [-0.3, -0.25) is 4.79 Å². The molecule has 0 aliphatic heterocycles. The number of hydrogen-bond acceptors (Lipinski definition) is 2. The Morgan fingerprint density at radius 1 is 1.00 bits per heavy atom. The minimum atomic E-state index is -0.995. The monoisotopic (exact) mass is 325 g/mol. The van der Waals surface area contributed by atoms with Crippen molar-refractivity contribution >= 4 is 11.9 Å².